The molecular formula is C24H28ClN5O3. The van der Waals surface area contributed by atoms with Crippen molar-refractivity contribution in [2.24, 2.45) is 14.1 Å². The highest BCUT2D eigenvalue weighted by Crippen LogP contribution is 2.26. The Kier molecular flexibility index (Phi) is 8.21. The van der Waals surface area contributed by atoms with E-state index in [1.807, 2.05) is 12.1 Å². The second kappa shape index (κ2) is 11.1. The zero-order valence-electron chi connectivity index (χ0n) is 19.2. The number of rotatable bonds is 6. The van der Waals surface area contributed by atoms with Crippen LogP contribution in [0.15, 0.2) is 65.5 Å². The molecule has 0 saturated carbocycles. The Morgan fingerprint density at radius 3 is 2.03 bits per heavy atom. The lowest BCUT2D eigenvalue weighted by atomic mass is 10.0. The van der Waals surface area contributed by atoms with Crippen LogP contribution < -0.4 is 15.7 Å². The number of hydrogen-bond acceptors (Lipinski definition) is 5. The maximum atomic E-state index is 11.5. The van der Waals surface area contributed by atoms with Gasteiger partial charge in [-0.25, -0.2) is 9.78 Å². The van der Waals surface area contributed by atoms with Crippen molar-refractivity contribution in [2.75, 3.05) is 27.2 Å². The van der Waals surface area contributed by atoms with Crippen LogP contribution >= 0.6 is 11.6 Å². The average molecular weight is 470 g/mol. The van der Waals surface area contributed by atoms with Crippen LogP contribution in [0.4, 0.5) is 0 Å². The van der Waals surface area contributed by atoms with Gasteiger partial charge in [0.25, 0.3) is 0 Å². The van der Waals surface area contributed by atoms with Crippen LogP contribution in [-0.2, 0) is 18.8 Å². The van der Waals surface area contributed by atoms with E-state index in [0.29, 0.717) is 0 Å². The molecule has 2 aliphatic rings. The lowest BCUT2D eigenvalue weighted by molar-refractivity contribution is -0.858. The number of aromatic nitrogens is 4. The standard InChI is InChI=1S/C17H21NO.C7H7ClN4O2/c1-18(2)13-14-19-17(15-9-5-3-6-10-15)16-11-7-4-8-12-16;1-11-4-3(9-6(8)10-4)5(13)12(2)7(11)14/h3-12,17H,13-14H2,1-2H3;13H,1-2H3. The molecular weight excluding hydrogens is 442 g/mol. The number of benzene rings is 2. The van der Waals surface area contributed by atoms with Gasteiger partial charge in [0.15, 0.2) is 5.82 Å². The highest BCUT2D eigenvalue weighted by molar-refractivity contribution is 6.28. The highest BCUT2D eigenvalue weighted by atomic mass is 35.5. The maximum absolute atomic E-state index is 11.5. The third-order valence-corrected chi connectivity index (χ3v) is 5.27. The highest BCUT2D eigenvalue weighted by Gasteiger charge is 2.17. The summed E-state index contributed by atoms with van der Waals surface area (Å²) in [7, 11) is 7.18. The Bertz CT molecular complexity index is 1150. The molecule has 9 heteroatoms. The van der Waals surface area contributed by atoms with Gasteiger partial charge >= 0.3 is 5.69 Å². The molecule has 0 aromatic heterocycles. The maximum Gasteiger partial charge on any atom is 0.328 e. The number of quaternary nitrogens is 1. The van der Waals surface area contributed by atoms with Crippen molar-refractivity contribution in [2.45, 2.75) is 6.10 Å². The molecule has 0 bridgehead atoms. The summed E-state index contributed by atoms with van der Waals surface area (Å²) in [5.41, 5.74) is 2.09. The Hall–Kier alpha value is -3.20. The number of nitrogens with one attached hydrogen (secondary N) is 1. The second-order valence-corrected chi connectivity index (χ2v) is 8.24. The molecule has 1 N–H and O–H groups in total. The molecule has 0 spiro atoms. The first-order chi connectivity index (χ1) is 15.8. The van der Waals surface area contributed by atoms with Gasteiger partial charge in [0.2, 0.25) is 5.28 Å². The first-order valence-electron chi connectivity index (χ1n) is 10.6. The van der Waals surface area contributed by atoms with Crippen molar-refractivity contribution in [1.29, 1.82) is 0 Å². The summed E-state index contributed by atoms with van der Waals surface area (Å²) in [4.78, 5) is 20.3. The Balaban J connectivity index is 0.000000194. The number of hydrogen-bond donors (Lipinski definition) is 1. The van der Waals surface area contributed by atoms with E-state index < -0.39 is 11.6 Å². The van der Waals surface area contributed by atoms with E-state index in [0.717, 1.165) is 17.7 Å². The molecule has 8 nitrogen and oxygen atoms in total. The summed E-state index contributed by atoms with van der Waals surface area (Å²) in [6.45, 7) is 1.77. The molecule has 4 rings (SSSR count). The lowest BCUT2D eigenvalue weighted by Gasteiger charge is -2.19. The van der Waals surface area contributed by atoms with Gasteiger partial charge in [-0.3, -0.25) is 4.57 Å². The van der Waals surface area contributed by atoms with Gasteiger partial charge in [0.05, 0.1) is 20.7 Å². The zero-order chi connectivity index (χ0) is 24.0. The van der Waals surface area contributed by atoms with Crippen molar-refractivity contribution < 1.29 is 14.7 Å². The minimum atomic E-state index is -0.484. The van der Waals surface area contributed by atoms with Gasteiger partial charge in [0, 0.05) is 14.1 Å². The number of imidazole rings is 1. The van der Waals surface area contributed by atoms with Gasteiger partial charge in [-0.2, -0.15) is 4.98 Å². The van der Waals surface area contributed by atoms with Crippen LogP contribution in [0.25, 0.3) is 11.5 Å². The summed E-state index contributed by atoms with van der Waals surface area (Å²) >= 11 is 5.55. The van der Waals surface area contributed by atoms with Crippen molar-refractivity contribution in [3.8, 4) is 17.4 Å². The van der Waals surface area contributed by atoms with E-state index >= 15 is 0 Å². The SMILES string of the molecule is C[NH+](C)CCOC(c1ccccc1)c1ccccc1.Cn1c2nc(Cl)nc-2c([O-])n(C)c1=O. The topological polar surface area (TPSA) is 89.4 Å². The molecule has 2 aromatic rings. The molecule has 0 saturated heterocycles. The molecule has 0 fully saturated rings. The molecule has 0 atom stereocenters. The summed E-state index contributed by atoms with van der Waals surface area (Å²) in [6, 6.07) is 20.8. The number of ether oxygens (including phenoxy) is 1. The minimum absolute atomic E-state index is 0.0294. The number of fused-ring (bicyclic) bond motifs is 1. The zero-order valence-corrected chi connectivity index (χ0v) is 19.9. The molecule has 0 unspecified atom stereocenters. The van der Waals surface area contributed by atoms with Gasteiger partial charge in [0.1, 0.15) is 18.3 Å². The van der Waals surface area contributed by atoms with Crippen molar-refractivity contribution >= 4 is 11.6 Å². The van der Waals surface area contributed by atoms with Crippen molar-refractivity contribution in [3.63, 3.8) is 0 Å². The van der Waals surface area contributed by atoms with Gasteiger partial charge in [-0.05, 0) is 28.6 Å². The molecule has 174 valence electrons. The van der Waals surface area contributed by atoms with E-state index in [-0.39, 0.29) is 22.9 Å². The molecule has 2 heterocycles. The molecule has 0 radical (unpaired) electrons. The molecule has 33 heavy (non-hydrogen) atoms. The smallest absolute Gasteiger partial charge is 0.328 e. The predicted octanol–water partition coefficient (Wildman–Crippen LogP) is 1.28. The van der Waals surface area contributed by atoms with E-state index in [4.69, 9.17) is 16.3 Å². The fourth-order valence-corrected chi connectivity index (χ4v) is 3.43. The number of halogens is 1. The predicted molar refractivity (Wildman–Crippen MR) is 126 cm³/mol. The van der Waals surface area contributed by atoms with Crippen molar-refractivity contribution in [3.05, 3.63) is 87.6 Å². The first-order valence-corrected chi connectivity index (χ1v) is 10.9. The van der Waals surface area contributed by atoms with Crippen LogP contribution in [0, 0.1) is 0 Å². The summed E-state index contributed by atoms with van der Waals surface area (Å²) in [6.07, 6.45) is 0.0294. The van der Waals surface area contributed by atoms with Crippen LogP contribution in [0.2, 0.25) is 5.28 Å². The third-order valence-electron chi connectivity index (χ3n) is 5.10. The first kappa shape index (κ1) is 24.4. The van der Waals surface area contributed by atoms with Crippen molar-refractivity contribution in [1.82, 2.24) is 19.1 Å². The molecule has 2 aliphatic heterocycles. The normalized spacial score (nSPS) is 11.1. The fourth-order valence-electron chi connectivity index (χ4n) is 3.27. The summed E-state index contributed by atoms with van der Waals surface area (Å²) < 4.78 is 8.30. The second-order valence-electron chi connectivity index (χ2n) is 7.90. The summed E-state index contributed by atoms with van der Waals surface area (Å²) in [5.74, 6) is -0.273. The fraction of sp³-hybridized carbons (Fsp3) is 0.292. The van der Waals surface area contributed by atoms with Crippen LogP contribution in [0.3, 0.4) is 0 Å². The Labute approximate surface area is 198 Å². The number of nitrogens with zero attached hydrogens (tertiary/aromatic N) is 4. The van der Waals surface area contributed by atoms with Gasteiger partial charge < -0.3 is 19.3 Å². The monoisotopic (exact) mass is 469 g/mol. The summed E-state index contributed by atoms with van der Waals surface area (Å²) in [5, 5.41) is 11.5. The van der Waals surface area contributed by atoms with Crippen LogP contribution in [-0.4, -0.2) is 46.3 Å². The average Bonchev–Trinajstić information content (AvgIpc) is 3.22. The quantitative estimate of drug-likeness (QED) is 0.430. The van der Waals surface area contributed by atoms with Crippen LogP contribution in [0.1, 0.15) is 17.2 Å². The largest absolute Gasteiger partial charge is 0.858 e. The van der Waals surface area contributed by atoms with E-state index in [9.17, 15) is 9.90 Å². The van der Waals surface area contributed by atoms with E-state index in [2.05, 4.69) is 72.6 Å². The van der Waals surface area contributed by atoms with Gasteiger partial charge in [-0.1, -0.05) is 60.7 Å². The third kappa shape index (κ3) is 5.98. The van der Waals surface area contributed by atoms with Crippen LogP contribution in [0.5, 0.6) is 5.88 Å². The molecule has 2 aromatic carbocycles. The number of likely N-dealkylation sites (N-methyl/N-ethyl adjacent to an activating group) is 1. The molecule has 0 amide bonds. The Morgan fingerprint density at radius 1 is 0.970 bits per heavy atom. The van der Waals surface area contributed by atoms with E-state index in [1.54, 1.807) is 0 Å². The van der Waals surface area contributed by atoms with E-state index in [1.165, 1.54) is 34.7 Å². The lowest BCUT2D eigenvalue weighted by Crippen LogP contribution is -3.06. The minimum Gasteiger partial charge on any atom is -0.858 e. The Morgan fingerprint density at radius 2 is 1.52 bits per heavy atom. The van der Waals surface area contributed by atoms with Gasteiger partial charge in [-0.15, -0.1) is 0 Å². The molecule has 0 aliphatic carbocycles.